The second-order valence-electron chi connectivity index (χ2n) is 7.07. The summed E-state index contributed by atoms with van der Waals surface area (Å²) in [5.74, 6) is 3.87. The van der Waals surface area contributed by atoms with Crippen LogP contribution in [0.5, 0.6) is 0 Å². The topological polar surface area (TPSA) is 71.5 Å². The molecule has 128 valence electrons. The zero-order chi connectivity index (χ0) is 16.8. The second-order valence-corrected chi connectivity index (χ2v) is 7.07. The summed E-state index contributed by atoms with van der Waals surface area (Å²) in [6, 6.07) is 4.38. The first-order valence-corrected chi connectivity index (χ1v) is 8.61. The number of nitrogens with one attached hydrogen (secondary N) is 1. The van der Waals surface area contributed by atoms with Crippen LogP contribution < -0.4 is 5.32 Å². The van der Waals surface area contributed by atoms with Gasteiger partial charge in [0.25, 0.3) is 0 Å². The number of rotatable bonds is 5. The van der Waals surface area contributed by atoms with Gasteiger partial charge in [-0.3, -0.25) is 5.32 Å². The largest absolute Gasteiger partial charge is 0.464 e. The highest BCUT2D eigenvalue weighted by molar-refractivity contribution is 5.87. The van der Waals surface area contributed by atoms with Crippen molar-refractivity contribution in [2.24, 2.45) is 5.92 Å². The van der Waals surface area contributed by atoms with Gasteiger partial charge in [0.05, 0.1) is 12.2 Å². The molecule has 2 amide bonds. The van der Waals surface area contributed by atoms with E-state index in [-0.39, 0.29) is 18.1 Å². The molecule has 6 nitrogen and oxygen atoms in total. The maximum Gasteiger partial charge on any atom is 0.326 e. The molecule has 2 aliphatic rings. The lowest BCUT2D eigenvalue weighted by Crippen LogP contribution is -2.36. The van der Waals surface area contributed by atoms with Crippen LogP contribution >= 0.6 is 0 Å². The Balaban J connectivity index is 1.43. The van der Waals surface area contributed by atoms with Gasteiger partial charge in [-0.1, -0.05) is 6.92 Å². The van der Waals surface area contributed by atoms with Crippen molar-refractivity contribution in [1.82, 2.24) is 9.88 Å². The van der Waals surface area contributed by atoms with Crippen LogP contribution in [-0.4, -0.2) is 22.0 Å². The second kappa shape index (κ2) is 5.69. The number of carbonyl (C=O) groups is 1. The molecule has 0 aromatic carbocycles. The molecule has 6 heteroatoms. The fourth-order valence-corrected chi connectivity index (χ4v) is 3.01. The average molecular weight is 329 g/mol. The smallest absolute Gasteiger partial charge is 0.326 e. The fourth-order valence-electron chi connectivity index (χ4n) is 3.01. The van der Waals surface area contributed by atoms with E-state index in [0.29, 0.717) is 18.4 Å². The van der Waals surface area contributed by atoms with E-state index in [1.807, 2.05) is 30.9 Å². The number of anilines is 1. The Bertz CT molecular complexity index is 740. The minimum Gasteiger partial charge on any atom is -0.464 e. The van der Waals surface area contributed by atoms with Crippen LogP contribution in [-0.2, 0) is 6.54 Å². The van der Waals surface area contributed by atoms with Crippen molar-refractivity contribution < 1.29 is 13.6 Å². The predicted molar refractivity (Wildman–Crippen MR) is 88.8 cm³/mol. The number of carbonyl (C=O) groups excluding carboxylic acids is 1. The molecule has 0 radical (unpaired) electrons. The van der Waals surface area contributed by atoms with Gasteiger partial charge in [-0.15, -0.1) is 0 Å². The van der Waals surface area contributed by atoms with E-state index < -0.39 is 0 Å². The van der Waals surface area contributed by atoms with Crippen LogP contribution in [0.1, 0.15) is 55.1 Å². The third-order valence-corrected chi connectivity index (χ3v) is 4.97. The molecule has 2 heterocycles. The Hall–Kier alpha value is -2.24. The number of furan rings is 1. The average Bonchev–Trinajstić information content (AvgIpc) is 3.43. The van der Waals surface area contributed by atoms with Gasteiger partial charge >= 0.3 is 12.0 Å². The highest BCUT2D eigenvalue weighted by Crippen LogP contribution is 2.47. The molecule has 2 unspecified atom stereocenters. The number of amides is 2. The summed E-state index contributed by atoms with van der Waals surface area (Å²) in [5, 5.41) is 2.76. The van der Waals surface area contributed by atoms with Crippen LogP contribution in [0, 0.1) is 19.8 Å². The SMILES string of the molecule is Cc1nc(NC(=O)N(Cc2ccc(C3CC3C)o2)C2CC2)oc1C. The highest BCUT2D eigenvalue weighted by atomic mass is 16.4. The Morgan fingerprint density at radius 2 is 2.08 bits per heavy atom. The van der Waals surface area contributed by atoms with Crippen LogP contribution in [0.4, 0.5) is 10.8 Å². The molecule has 2 atom stereocenters. The van der Waals surface area contributed by atoms with Crippen molar-refractivity contribution in [1.29, 1.82) is 0 Å². The van der Waals surface area contributed by atoms with Crippen LogP contribution in [0.2, 0.25) is 0 Å². The molecular weight excluding hydrogens is 306 g/mol. The van der Waals surface area contributed by atoms with Crippen LogP contribution in [0.15, 0.2) is 21.0 Å². The van der Waals surface area contributed by atoms with Crippen molar-refractivity contribution >= 4 is 12.0 Å². The third kappa shape index (κ3) is 3.05. The molecular formula is C18H23N3O3. The molecule has 24 heavy (non-hydrogen) atoms. The number of hydrogen-bond donors (Lipinski definition) is 1. The van der Waals surface area contributed by atoms with Crippen molar-refractivity contribution in [2.75, 3.05) is 5.32 Å². The van der Waals surface area contributed by atoms with Gasteiger partial charge in [-0.25, -0.2) is 4.79 Å². The minimum absolute atomic E-state index is 0.184. The number of hydrogen-bond acceptors (Lipinski definition) is 4. The highest BCUT2D eigenvalue weighted by Gasteiger charge is 2.37. The molecule has 2 aliphatic carbocycles. The molecule has 2 aromatic rings. The molecule has 2 saturated carbocycles. The number of aryl methyl sites for hydroxylation is 2. The van der Waals surface area contributed by atoms with Crippen molar-refractivity contribution in [3.63, 3.8) is 0 Å². The van der Waals surface area contributed by atoms with E-state index in [1.165, 1.54) is 6.42 Å². The number of oxazole rings is 1. The summed E-state index contributed by atoms with van der Waals surface area (Å²) in [7, 11) is 0. The molecule has 0 saturated heterocycles. The molecule has 0 spiro atoms. The standard InChI is InChI=1S/C18H23N3O3/c1-10-8-15(10)16-7-6-14(24-16)9-21(13-4-5-13)18(22)20-17-19-11(2)12(3)23-17/h6-7,10,13,15H,4-5,8-9H2,1-3H3,(H,19,20,22). The Morgan fingerprint density at radius 3 is 2.67 bits per heavy atom. The lowest BCUT2D eigenvalue weighted by molar-refractivity contribution is 0.199. The lowest BCUT2D eigenvalue weighted by atomic mass is 10.3. The Morgan fingerprint density at radius 1 is 1.33 bits per heavy atom. The summed E-state index contributed by atoms with van der Waals surface area (Å²) >= 11 is 0. The summed E-state index contributed by atoms with van der Waals surface area (Å²) in [6.07, 6.45) is 3.26. The van der Waals surface area contributed by atoms with Crippen molar-refractivity contribution in [2.45, 2.75) is 58.5 Å². The summed E-state index contributed by atoms with van der Waals surface area (Å²) in [4.78, 5) is 18.6. The van der Waals surface area contributed by atoms with Gasteiger partial charge in [0, 0.05) is 12.0 Å². The first-order valence-electron chi connectivity index (χ1n) is 8.61. The Kier molecular flexibility index (Phi) is 3.62. The zero-order valence-corrected chi connectivity index (χ0v) is 14.3. The quantitative estimate of drug-likeness (QED) is 0.892. The number of urea groups is 1. The van der Waals surface area contributed by atoms with E-state index in [1.54, 1.807) is 0 Å². The van der Waals surface area contributed by atoms with Gasteiger partial charge in [-0.05, 0) is 51.2 Å². The molecule has 0 bridgehead atoms. The molecule has 2 aromatic heterocycles. The van der Waals surface area contributed by atoms with Gasteiger partial charge in [0.2, 0.25) is 0 Å². The maximum absolute atomic E-state index is 12.6. The number of nitrogens with zero attached hydrogens (tertiary/aromatic N) is 2. The fraction of sp³-hybridized carbons (Fsp3) is 0.556. The van der Waals surface area contributed by atoms with E-state index in [0.717, 1.165) is 35.8 Å². The van der Waals surface area contributed by atoms with Gasteiger partial charge in [0.1, 0.15) is 17.3 Å². The third-order valence-electron chi connectivity index (χ3n) is 4.97. The molecule has 2 fully saturated rings. The summed E-state index contributed by atoms with van der Waals surface area (Å²) < 4.78 is 11.4. The Labute approximate surface area is 141 Å². The van der Waals surface area contributed by atoms with Crippen molar-refractivity contribution in [3.05, 3.63) is 35.1 Å². The molecule has 1 N–H and O–H groups in total. The predicted octanol–water partition coefficient (Wildman–Crippen LogP) is 4.20. The van der Waals surface area contributed by atoms with Crippen LogP contribution in [0.3, 0.4) is 0 Å². The van der Waals surface area contributed by atoms with Crippen LogP contribution in [0.25, 0.3) is 0 Å². The molecule has 4 rings (SSSR count). The van der Waals surface area contributed by atoms with E-state index in [9.17, 15) is 4.79 Å². The maximum atomic E-state index is 12.6. The molecule has 0 aliphatic heterocycles. The zero-order valence-electron chi connectivity index (χ0n) is 14.3. The van der Waals surface area contributed by atoms with E-state index in [4.69, 9.17) is 8.83 Å². The summed E-state index contributed by atoms with van der Waals surface area (Å²) in [6.45, 7) is 6.41. The van der Waals surface area contributed by atoms with Crippen molar-refractivity contribution in [3.8, 4) is 0 Å². The normalized spacial score (nSPS) is 22.5. The monoisotopic (exact) mass is 329 g/mol. The number of aromatic nitrogens is 1. The van der Waals surface area contributed by atoms with Gasteiger partial charge < -0.3 is 13.7 Å². The minimum atomic E-state index is -0.184. The van der Waals surface area contributed by atoms with Gasteiger partial charge in [0.15, 0.2) is 0 Å². The first-order chi connectivity index (χ1) is 11.5. The van der Waals surface area contributed by atoms with E-state index in [2.05, 4.69) is 17.2 Å². The first kappa shape index (κ1) is 15.3. The lowest BCUT2D eigenvalue weighted by Gasteiger charge is -2.20. The summed E-state index contributed by atoms with van der Waals surface area (Å²) in [5.41, 5.74) is 0.789. The van der Waals surface area contributed by atoms with E-state index >= 15 is 0 Å². The van der Waals surface area contributed by atoms with Gasteiger partial charge in [-0.2, -0.15) is 4.98 Å².